The van der Waals surface area contributed by atoms with Gasteiger partial charge in [-0.25, -0.2) is 4.99 Å². The number of likely N-dealkylation sites (N-methyl/N-ethyl adjacent to an activating group) is 1. The quantitative estimate of drug-likeness (QED) is 0.649. The molecule has 2 aliphatic heterocycles. The lowest BCUT2D eigenvalue weighted by Gasteiger charge is -2.14. The molecule has 0 atom stereocenters. The molecule has 7 heteroatoms. The van der Waals surface area contributed by atoms with E-state index in [0.29, 0.717) is 15.1 Å². The van der Waals surface area contributed by atoms with Crippen LogP contribution in [0.15, 0.2) is 68.4 Å². The number of benzene rings is 2. The monoisotopic (exact) mass is 387 g/mol. The van der Waals surface area contributed by atoms with Gasteiger partial charge in [0.05, 0.1) is 16.4 Å². The minimum Gasteiger partial charge on any atom is -0.337 e. The third kappa shape index (κ3) is 2.94. The van der Waals surface area contributed by atoms with Crippen molar-refractivity contribution < 1.29 is 4.79 Å². The summed E-state index contributed by atoms with van der Waals surface area (Å²) < 4.78 is 0. The number of carbonyl (C=O) groups excluding carboxylic acids is 1. The first-order valence-electron chi connectivity index (χ1n) is 7.59. The SMILES string of the molecule is CN1C(=O)/C(=C2/Sc3ccccc3N2C)SC1=Nc1ccc(Cl)cc1. The van der Waals surface area contributed by atoms with Crippen LogP contribution in [0.1, 0.15) is 0 Å². The number of hydrogen-bond acceptors (Lipinski definition) is 5. The Kier molecular flexibility index (Phi) is 4.27. The van der Waals surface area contributed by atoms with Crippen molar-refractivity contribution in [1.29, 1.82) is 0 Å². The topological polar surface area (TPSA) is 35.9 Å². The minimum atomic E-state index is -0.0279. The Bertz CT molecular complexity index is 924. The molecule has 2 heterocycles. The summed E-state index contributed by atoms with van der Waals surface area (Å²) in [4.78, 5) is 22.9. The molecule has 1 saturated heterocycles. The fourth-order valence-corrected chi connectivity index (χ4v) is 5.06. The van der Waals surface area contributed by atoms with E-state index in [0.717, 1.165) is 21.3 Å². The van der Waals surface area contributed by atoms with Gasteiger partial charge in [0, 0.05) is 24.0 Å². The highest BCUT2D eigenvalue weighted by Crippen LogP contribution is 2.49. The van der Waals surface area contributed by atoms with Crippen LogP contribution in [0.5, 0.6) is 0 Å². The Balaban J connectivity index is 1.69. The van der Waals surface area contributed by atoms with E-state index in [4.69, 9.17) is 11.6 Å². The number of anilines is 1. The van der Waals surface area contributed by atoms with E-state index in [-0.39, 0.29) is 5.91 Å². The van der Waals surface area contributed by atoms with Gasteiger partial charge < -0.3 is 4.90 Å². The maximum Gasteiger partial charge on any atom is 0.269 e. The van der Waals surface area contributed by atoms with Crippen molar-refractivity contribution in [3.05, 3.63) is 63.5 Å². The van der Waals surface area contributed by atoms with Gasteiger partial charge in [-0.3, -0.25) is 9.69 Å². The number of thioether (sulfide) groups is 2. The number of hydrogen-bond donors (Lipinski definition) is 0. The average molecular weight is 388 g/mol. The fraction of sp³-hybridized carbons (Fsp3) is 0.111. The second kappa shape index (κ2) is 6.44. The molecule has 0 N–H and O–H groups in total. The molecule has 2 aliphatic rings. The standard InChI is InChI=1S/C18H14ClN3OS2/c1-21-13-5-3-4-6-14(13)24-17(21)15-16(23)22(2)18(25-15)20-12-9-7-11(19)8-10-12/h3-10H,1-2H3/b17-15-,20-18?. The number of aliphatic imine (C=N–C) groups is 1. The molecule has 0 unspecified atom stereocenters. The molecule has 2 aromatic rings. The van der Waals surface area contributed by atoms with E-state index in [1.54, 1.807) is 35.8 Å². The number of para-hydroxylation sites is 1. The second-order valence-corrected chi connectivity index (χ2v) is 8.04. The number of halogens is 1. The van der Waals surface area contributed by atoms with Gasteiger partial charge in [-0.05, 0) is 48.2 Å². The summed E-state index contributed by atoms with van der Waals surface area (Å²) in [5, 5.41) is 2.28. The van der Waals surface area contributed by atoms with Crippen LogP contribution >= 0.6 is 35.1 Å². The van der Waals surface area contributed by atoms with Crippen molar-refractivity contribution in [1.82, 2.24) is 4.90 Å². The largest absolute Gasteiger partial charge is 0.337 e. The molecule has 0 spiro atoms. The van der Waals surface area contributed by atoms with Gasteiger partial charge >= 0.3 is 0 Å². The van der Waals surface area contributed by atoms with E-state index in [9.17, 15) is 4.79 Å². The summed E-state index contributed by atoms with van der Waals surface area (Å²) in [5.74, 6) is -0.0279. The summed E-state index contributed by atoms with van der Waals surface area (Å²) in [6.45, 7) is 0. The van der Waals surface area contributed by atoms with Crippen molar-refractivity contribution in [2.45, 2.75) is 4.90 Å². The Morgan fingerprint density at radius 1 is 0.960 bits per heavy atom. The highest BCUT2D eigenvalue weighted by molar-refractivity contribution is 8.19. The molecule has 1 amide bonds. The number of fused-ring (bicyclic) bond motifs is 1. The summed E-state index contributed by atoms with van der Waals surface area (Å²) in [6.07, 6.45) is 0. The third-order valence-electron chi connectivity index (χ3n) is 3.96. The molecule has 1 fully saturated rings. The smallest absolute Gasteiger partial charge is 0.269 e. The van der Waals surface area contributed by atoms with Crippen molar-refractivity contribution in [2.24, 2.45) is 4.99 Å². The van der Waals surface area contributed by atoms with Crippen LogP contribution in [-0.4, -0.2) is 30.1 Å². The van der Waals surface area contributed by atoms with Gasteiger partial charge in [0.1, 0.15) is 4.91 Å². The van der Waals surface area contributed by atoms with Crippen LogP contribution in [0.3, 0.4) is 0 Å². The summed E-state index contributed by atoms with van der Waals surface area (Å²) in [7, 11) is 3.74. The maximum atomic E-state index is 12.7. The predicted molar refractivity (Wildman–Crippen MR) is 107 cm³/mol. The van der Waals surface area contributed by atoms with Gasteiger partial charge in [0.25, 0.3) is 5.91 Å². The molecular weight excluding hydrogens is 374 g/mol. The summed E-state index contributed by atoms with van der Waals surface area (Å²) >= 11 is 8.95. The first-order valence-corrected chi connectivity index (χ1v) is 9.61. The van der Waals surface area contributed by atoms with Crippen LogP contribution in [0.2, 0.25) is 5.02 Å². The molecule has 4 nitrogen and oxygen atoms in total. The normalized spacial score (nSPS) is 21.4. The molecule has 2 aromatic carbocycles. The predicted octanol–water partition coefficient (Wildman–Crippen LogP) is 4.94. The number of carbonyl (C=O) groups is 1. The zero-order valence-corrected chi connectivity index (χ0v) is 16.0. The van der Waals surface area contributed by atoms with Gasteiger partial charge in [-0.1, -0.05) is 35.5 Å². The van der Waals surface area contributed by atoms with Crippen LogP contribution in [0.4, 0.5) is 11.4 Å². The van der Waals surface area contributed by atoms with Crippen LogP contribution < -0.4 is 4.90 Å². The molecular formula is C18H14ClN3OS2. The van der Waals surface area contributed by atoms with Crippen molar-refractivity contribution in [3.63, 3.8) is 0 Å². The first kappa shape index (κ1) is 16.6. The average Bonchev–Trinajstić information content (AvgIpc) is 3.09. The highest BCUT2D eigenvalue weighted by Gasteiger charge is 2.37. The number of rotatable bonds is 1. The van der Waals surface area contributed by atoms with Gasteiger partial charge in [-0.15, -0.1) is 0 Å². The Labute approximate surface area is 159 Å². The van der Waals surface area contributed by atoms with E-state index >= 15 is 0 Å². The van der Waals surface area contributed by atoms with Crippen molar-refractivity contribution in [3.8, 4) is 0 Å². The second-order valence-electron chi connectivity index (χ2n) is 5.60. The number of amidine groups is 1. The van der Waals surface area contributed by atoms with Gasteiger partial charge in [-0.2, -0.15) is 0 Å². The molecule has 0 saturated carbocycles. The van der Waals surface area contributed by atoms with E-state index < -0.39 is 0 Å². The Hall–Kier alpha value is -1.89. The zero-order valence-electron chi connectivity index (χ0n) is 13.6. The third-order valence-corrected chi connectivity index (χ3v) is 6.70. The number of nitrogens with zero attached hydrogens (tertiary/aromatic N) is 3. The highest BCUT2D eigenvalue weighted by atomic mass is 35.5. The lowest BCUT2D eigenvalue weighted by Crippen LogP contribution is -2.24. The van der Waals surface area contributed by atoms with E-state index in [2.05, 4.69) is 22.0 Å². The molecule has 0 aromatic heterocycles. The lowest BCUT2D eigenvalue weighted by atomic mass is 10.3. The van der Waals surface area contributed by atoms with Gasteiger partial charge in [0.15, 0.2) is 5.17 Å². The minimum absolute atomic E-state index is 0.0279. The van der Waals surface area contributed by atoms with Crippen LogP contribution in [0.25, 0.3) is 0 Å². The number of amides is 1. The Morgan fingerprint density at radius 2 is 1.68 bits per heavy atom. The molecule has 4 rings (SSSR count). The lowest BCUT2D eigenvalue weighted by molar-refractivity contribution is -0.121. The van der Waals surface area contributed by atoms with Crippen LogP contribution in [-0.2, 0) is 4.79 Å². The molecule has 0 radical (unpaired) electrons. The molecule has 0 bridgehead atoms. The van der Waals surface area contributed by atoms with Gasteiger partial charge in [0.2, 0.25) is 0 Å². The summed E-state index contributed by atoms with van der Waals surface area (Å²) in [5.41, 5.74) is 1.89. The van der Waals surface area contributed by atoms with E-state index in [1.165, 1.54) is 11.8 Å². The maximum absolute atomic E-state index is 12.7. The fourth-order valence-electron chi connectivity index (χ4n) is 2.60. The van der Waals surface area contributed by atoms with Crippen LogP contribution in [0, 0.1) is 0 Å². The Morgan fingerprint density at radius 3 is 2.40 bits per heavy atom. The first-order chi connectivity index (χ1) is 12.0. The molecule has 126 valence electrons. The zero-order chi connectivity index (χ0) is 17.6. The molecule has 0 aliphatic carbocycles. The summed E-state index contributed by atoms with van der Waals surface area (Å²) in [6, 6.07) is 15.4. The van der Waals surface area contributed by atoms with Crippen molar-refractivity contribution >= 4 is 57.6 Å². The van der Waals surface area contributed by atoms with Crippen molar-refractivity contribution in [2.75, 3.05) is 19.0 Å². The molecule has 25 heavy (non-hydrogen) atoms. The van der Waals surface area contributed by atoms with E-state index in [1.807, 2.05) is 31.3 Å².